The second kappa shape index (κ2) is 7.87. The second-order valence-electron chi connectivity index (χ2n) is 6.95. The van der Waals surface area contributed by atoms with E-state index in [1.165, 1.54) is 12.8 Å². The Balaban J connectivity index is 1.61. The SMILES string of the molecule is Fc1ccc(C(F)(F)F)cc1C1=CCN(CCC2CCNCC2)CC1. The fourth-order valence-electron chi connectivity index (χ4n) is 3.64. The number of benzene rings is 1. The molecule has 25 heavy (non-hydrogen) atoms. The lowest BCUT2D eigenvalue weighted by Gasteiger charge is -2.29. The highest BCUT2D eigenvalue weighted by Gasteiger charge is 2.31. The molecule has 0 aromatic heterocycles. The molecule has 3 rings (SSSR count). The molecule has 1 saturated heterocycles. The number of rotatable bonds is 4. The molecule has 0 radical (unpaired) electrons. The van der Waals surface area contributed by atoms with Gasteiger partial charge < -0.3 is 5.32 Å². The minimum Gasteiger partial charge on any atom is -0.317 e. The second-order valence-corrected chi connectivity index (χ2v) is 6.95. The Labute approximate surface area is 145 Å². The molecule has 0 saturated carbocycles. The van der Waals surface area contributed by atoms with E-state index in [-0.39, 0.29) is 5.56 Å². The zero-order valence-corrected chi connectivity index (χ0v) is 14.2. The van der Waals surface area contributed by atoms with E-state index in [1.54, 1.807) is 0 Å². The molecule has 0 unspecified atom stereocenters. The molecule has 1 N–H and O–H groups in total. The van der Waals surface area contributed by atoms with E-state index in [9.17, 15) is 17.6 Å². The maximum Gasteiger partial charge on any atom is 0.416 e. The first kappa shape index (κ1) is 18.4. The van der Waals surface area contributed by atoms with Gasteiger partial charge in [-0.2, -0.15) is 13.2 Å². The third-order valence-electron chi connectivity index (χ3n) is 5.25. The number of hydrogen-bond donors (Lipinski definition) is 1. The Bertz CT molecular complexity index is 618. The van der Waals surface area contributed by atoms with Crippen LogP contribution in [0.1, 0.15) is 36.8 Å². The third-order valence-corrected chi connectivity index (χ3v) is 5.25. The van der Waals surface area contributed by atoms with Crippen molar-refractivity contribution in [3.05, 3.63) is 41.2 Å². The Kier molecular flexibility index (Phi) is 5.79. The summed E-state index contributed by atoms with van der Waals surface area (Å²) in [5.41, 5.74) is -0.0207. The Hall–Kier alpha value is -1.40. The first-order valence-corrected chi connectivity index (χ1v) is 8.92. The van der Waals surface area contributed by atoms with Crippen molar-refractivity contribution in [2.45, 2.75) is 31.9 Å². The number of nitrogens with one attached hydrogen (secondary N) is 1. The van der Waals surface area contributed by atoms with Crippen molar-refractivity contribution in [2.75, 3.05) is 32.7 Å². The fraction of sp³-hybridized carbons (Fsp3) is 0.579. The number of alkyl halides is 3. The molecule has 138 valence electrons. The molecule has 0 spiro atoms. The van der Waals surface area contributed by atoms with Crippen LogP contribution in [0, 0.1) is 11.7 Å². The van der Waals surface area contributed by atoms with Gasteiger partial charge in [-0.15, -0.1) is 0 Å². The van der Waals surface area contributed by atoms with Crippen LogP contribution in [0.2, 0.25) is 0 Å². The molecular weight excluding hydrogens is 332 g/mol. The molecule has 1 fully saturated rings. The molecule has 0 atom stereocenters. The number of nitrogens with zero attached hydrogens (tertiary/aromatic N) is 1. The van der Waals surface area contributed by atoms with Crippen molar-refractivity contribution in [1.82, 2.24) is 10.2 Å². The van der Waals surface area contributed by atoms with Crippen LogP contribution in [0.15, 0.2) is 24.3 Å². The van der Waals surface area contributed by atoms with Crippen LogP contribution in [0.4, 0.5) is 17.6 Å². The highest BCUT2D eigenvalue weighted by molar-refractivity contribution is 5.67. The first-order valence-electron chi connectivity index (χ1n) is 8.92. The molecule has 0 bridgehead atoms. The van der Waals surface area contributed by atoms with Crippen molar-refractivity contribution in [3.63, 3.8) is 0 Å². The highest BCUT2D eigenvalue weighted by Crippen LogP contribution is 2.33. The predicted octanol–water partition coefficient (Wildman–Crippen LogP) is 4.32. The van der Waals surface area contributed by atoms with Crippen LogP contribution in [0.25, 0.3) is 5.57 Å². The van der Waals surface area contributed by atoms with E-state index in [4.69, 9.17) is 0 Å². The molecule has 6 heteroatoms. The quantitative estimate of drug-likeness (QED) is 0.808. The van der Waals surface area contributed by atoms with Crippen molar-refractivity contribution in [1.29, 1.82) is 0 Å². The number of halogens is 4. The van der Waals surface area contributed by atoms with Gasteiger partial charge in [-0.1, -0.05) is 6.08 Å². The summed E-state index contributed by atoms with van der Waals surface area (Å²) < 4.78 is 52.6. The van der Waals surface area contributed by atoms with E-state index >= 15 is 0 Å². The average Bonchev–Trinajstić information content (AvgIpc) is 2.61. The first-order chi connectivity index (χ1) is 11.9. The van der Waals surface area contributed by atoms with Crippen molar-refractivity contribution < 1.29 is 17.6 Å². The highest BCUT2D eigenvalue weighted by atomic mass is 19.4. The maximum absolute atomic E-state index is 14.0. The summed E-state index contributed by atoms with van der Waals surface area (Å²) in [6.45, 7) is 4.62. The van der Waals surface area contributed by atoms with Crippen molar-refractivity contribution >= 4 is 5.57 Å². The lowest BCUT2D eigenvalue weighted by atomic mass is 9.93. The summed E-state index contributed by atoms with van der Waals surface area (Å²) in [6, 6.07) is 2.65. The van der Waals surface area contributed by atoms with E-state index in [1.807, 2.05) is 6.08 Å². The average molecular weight is 356 g/mol. The molecule has 2 nitrogen and oxygen atoms in total. The monoisotopic (exact) mass is 356 g/mol. The van der Waals surface area contributed by atoms with Gasteiger partial charge in [-0.25, -0.2) is 4.39 Å². The van der Waals surface area contributed by atoms with Crippen LogP contribution in [0.3, 0.4) is 0 Å². The van der Waals surface area contributed by atoms with Crippen LogP contribution >= 0.6 is 0 Å². The number of hydrogen-bond acceptors (Lipinski definition) is 2. The molecule has 2 heterocycles. The smallest absolute Gasteiger partial charge is 0.317 e. The van der Waals surface area contributed by atoms with E-state index in [0.29, 0.717) is 18.5 Å². The zero-order valence-electron chi connectivity index (χ0n) is 14.2. The van der Waals surface area contributed by atoms with Crippen molar-refractivity contribution in [3.8, 4) is 0 Å². The van der Waals surface area contributed by atoms with Gasteiger partial charge in [0.15, 0.2) is 0 Å². The lowest BCUT2D eigenvalue weighted by Crippen LogP contribution is -2.33. The summed E-state index contributed by atoms with van der Waals surface area (Å²) in [6.07, 6.45) is 1.60. The Morgan fingerprint density at radius 3 is 2.56 bits per heavy atom. The van der Waals surface area contributed by atoms with E-state index in [0.717, 1.165) is 56.7 Å². The minimum absolute atomic E-state index is 0.0906. The molecule has 1 aromatic rings. The summed E-state index contributed by atoms with van der Waals surface area (Å²) in [5.74, 6) is 0.176. The molecule has 0 aliphatic carbocycles. The largest absolute Gasteiger partial charge is 0.416 e. The molecule has 0 amide bonds. The van der Waals surface area contributed by atoms with Gasteiger partial charge in [0.1, 0.15) is 5.82 Å². The number of piperidine rings is 1. The van der Waals surface area contributed by atoms with Gasteiger partial charge >= 0.3 is 6.18 Å². The lowest BCUT2D eigenvalue weighted by molar-refractivity contribution is -0.137. The van der Waals surface area contributed by atoms with Gasteiger partial charge in [-0.05, 0) is 75.0 Å². The summed E-state index contributed by atoms with van der Waals surface area (Å²) in [4.78, 5) is 2.30. The predicted molar refractivity (Wildman–Crippen MR) is 90.6 cm³/mol. The summed E-state index contributed by atoms with van der Waals surface area (Å²) in [7, 11) is 0. The van der Waals surface area contributed by atoms with Gasteiger partial charge in [-0.3, -0.25) is 4.90 Å². The topological polar surface area (TPSA) is 15.3 Å². The van der Waals surface area contributed by atoms with Gasteiger partial charge in [0.2, 0.25) is 0 Å². The van der Waals surface area contributed by atoms with E-state index in [2.05, 4.69) is 10.2 Å². The third kappa shape index (κ3) is 4.82. The van der Waals surface area contributed by atoms with Crippen LogP contribution < -0.4 is 5.32 Å². The summed E-state index contributed by atoms with van der Waals surface area (Å²) in [5, 5.41) is 3.36. The van der Waals surface area contributed by atoms with Crippen LogP contribution in [-0.2, 0) is 6.18 Å². The standard InChI is InChI=1S/C19H24F4N2/c20-18-2-1-16(19(21,22)23)13-17(18)15-6-11-25(12-7-15)10-5-14-3-8-24-9-4-14/h1-2,6,13-14,24H,3-5,7-12H2. The molecule has 2 aliphatic heterocycles. The van der Waals surface area contributed by atoms with Crippen LogP contribution in [0.5, 0.6) is 0 Å². The summed E-state index contributed by atoms with van der Waals surface area (Å²) >= 11 is 0. The molecular formula is C19H24F4N2. The fourth-order valence-corrected chi connectivity index (χ4v) is 3.64. The van der Waals surface area contributed by atoms with Gasteiger partial charge in [0.25, 0.3) is 0 Å². The van der Waals surface area contributed by atoms with Gasteiger partial charge in [0.05, 0.1) is 5.56 Å². The molecule has 2 aliphatic rings. The van der Waals surface area contributed by atoms with E-state index < -0.39 is 17.6 Å². The molecule has 1 aromatic carbocycles. The van der Waals surface area contributed by atoms with Crippen molar-refractivity contribution in [2.24, 2.45) is 5.92 Å². The Morgan fingerprint density at radius 1 is 1.16 bits per heavy atom. The Morgan fingerprint density at radius 2 is 1.92 bits per heavy atom. The normalized spacial score (nSPS) is 20.6. The zero-order chi connectivity index (χ0) is 17.9. The van der Waals surface area contributed by atoms with Gasteiger partial charge in [0, 0.05) is 18.7 Å². The maximum atomic E-state index is 14.0. The van der Waals surface area contributed by atoms with Crippen LogP contribution in [-0.4, -0.2) is 37.6 Å². The minimum atomic E-state index is -4.45.